The van der Waals surface area contributed by atoms with Crippen LogP contribution in [0, 0.1) is 16.2 Å². The first-order chi connectivity index (χ1) is 11.0. The molecule has 24 heavy (non-hydrogen) atoms. The molecule has 2 aliphatic rings. The molecule has 0 unspecified atom stereocenters. The second-order valence-electron chi connectivity index (χ2n) is 7.11. The Labute approximate surface area is 158 Å². The fraction of sp³-hybridized carbons (Fsp3) is 0.667. The number of rotatable bonds is 8. The molecule has 2 saturated carbocycles. The summed E-state index contributed by atoms with van der Waals surface area (Å²) in [4.78, 5) is 24.2. The van der Waals surface area contributed by atoms with E-state index in [4.69, 9.17) is 5.41 Å². The van der Waals surface area contributed by atoms with Crippen molar-refractivity contribution in [2.24, 2.45) is 10.8 Å². The minimum atomic E-state index is -0.736. The Morgan fingerprint density at radius 3 is 1.42 bits per heavy atom. The first-order valence-corrected chi connectivity index (χ1v) is 9.48. The van der Waals surface area contributed by atoms with Gasteiger partial charge in [-0.05, 0) is 0 Å². The van der Waals surface area contributed by atoms with E-state index in [0.29, 0.717) is 0 Å². The van der Waals surface area contributed by atoms with Crippen molar-refractivity contribution in [2.45, 2.75) is 39.5 Å². The summed E-state index contributed by atoms with van der Waals surface area (Å²) in [7, 11) is 3.40. The zero-order chi connectivity index (χ0) is 18.3. The third-order valence-electron chi connectivity index (χ3n) is 4.63. The van der Waals surface area contributed by atoms with Crippen LogP contribution in [-0.2, 0) is 9.59 Å². The van der Waals surface area contributed by atoms with E-state index in [1.807, 2.05) is 0 Å². The number of hydrazine groups is 2. The van der Waals surface area contributed by atoms with Gasteiger partial charge in [-0.3, -0.25) is 0 Å². The zero-order valence-corrected chi connectivity index (χ0v) is 17.8. The van der Waals surface area contributed by atoms with Gasteiger partial charge in [0, 0.05) is 0 Å². The molecule has 2 aliphatic carbocycles. The first kappa shape index (κ1) is 19.3. The van der Waals surface area contributed by atoms with Crippen molar-refractivity contribution in [2.75, 3.05) is 14.1 Å². The van der Waals surface area contributed by atoms with Crippen molar-refractivity contribution in [3.63, 3.8) is 0 Å². The van der Waals surface area contributed by atoms with Crippen molar-refractivity contribution in [1.29, 1.82) is 5.41 Å². The van der Waals surface area contributed by atoms with Gasteiger partial charge in [-0.1, -0.05) is 0 Å². The van der Waals surface area contributed by atoms with E-state index in [-0.39, 0.29) is 10.8 Å². The molecule has 2 amide bonds. The van der Waals surface area contributed by atoms with Crippen molar-refractivity contribution in [3.05, 3.63) is 0 Å². The predicted octanol–water partition coefficient (Wildman–Crippen LogP) is -0.871. The van der Waals surface area contributed by atoms with E-state index >= 15 is 0 Å². The quantitative estimate of drug-likeness (QED) is 0.189. The van der Waals surface area contributed by atoms with Crippen LogP contribution in [0.15, 0.2) is 0 Å². The second-order valence-corrected chi connectivity index (χ2v) is 8.73. The first-order valence-electron chi connectivity index (χ1n) is 7.77. The van der Waals surface area contributed by atoms with Crippen LogP contribution >= 0.6 is 0 Å². The fourth-order valence-electron chi connectivity index (χ4n) is 2.23. The molecule has 0 bridgehead atoms. The second kappa shape index (κ2) is 6.71. The summed E-state index contributed by atoms with van der Waals surface area (Å²) in [5, 5.41) is 10.9. The van der Waals surface area contributed by atoms with Crippen molar-refractivity contribution < 1.29 is 9.59 Å². The van der Waals surface area contributed by atoms with Crippen LogP contribution in [0.3, 0.4) is 0 Å². The van der Waals surface area contributed by atoms with Gasteiger partial charge < -0.3 is 0 Å². The number of hydrogen-bond acceptors (Lipinski definition) is 5. The number of carbonyl (C=O) groups is 2. The average Bonchev–Trinajstić information content (AvgIpc) is 3.44. The molecular formula is C15H23N5O2Se2. The van der Waals surface area contributed by atoms with Crippen LogP contribution < -0.4 is 10.9 Å². The summed E-state index contributed by atoms with van der Waals surface area (Å²) in [6.45, 7) is 4.20. The van der Waals surface area contributed by atoms with Crippen molar-refractivity contribution in [3.8, 4) is 0 Å². The molecule has 2 rings (SSSR count). The summed E-state index contributed by atoms with van der Waals surface area (Å²) < 4.78 is 1.81. The number of hydrogen-bond donors (Lipinski definition) is 3. The van der Waals surface area contributed by atoms with E-state index in [1.165, 1.54) is 0 Å². The van der Waals surface area contributed by atoms with Crippen molar-refractivity contribution in [1.82, 2.24) is 20.9 Å². The molecule has 9 heteroatoms. The molecule has 3 N–H and O–H groups in total. The SMILES string of the molecule is CN(NC(=O)C(=N)C(=O)NN(C)C(=[Se])C1(C)CC1)C(=[Se])C1(C)CC1. The molecule has 0 radical (unpaired) electrons. The molecule has 2 fully saturated rings. The number of nitrogens with zero attached hydrogens (tertiary/aromatic N) is 2. The molecule has 0 aromatic rings. The summed E-state index contributed by atoms with van der Waals surface area (Å²) in [6.07, 6.45) is 4.23. The Kier molecular flexibility index (Phi) is 5.40. The van der Waals surface area contributed by atoms with Gasteiger partial charge in [-0.2, -0.15) is 0 Å². The van der Waals surface area contributed by atoms with E-state index in [9.17, 15) is 9.59 Å². The Hall–Kier alpha value is -1.01. The average molecular weight is 463 g/mol. The van der Waals surface area contributed by atoms with Gasteiger partial charge in [0.15, 0.2) is 0 Å². The number of nitrogens with one attached hydrogen (secondary N) is 3. The topological polar surface area (TPSA) is 88.5 Å². The molecule has 0 aromatic carbocycles. The number of carbonyl (C=O) groups excluding carboxylic acids is 2. The summed E-state index contributed by atoms with van der Waals surface area (Å²) in [5.41, 5.74) is 4.62. The summed E-state index contributed by atoms with van der Waals surface area (Å²) >= 11 is 5.93. The molecule has 0 heterocycles. The van der Waals surface area contributed by atoms with E-state index in [1.54, 1.807) is 24.1 Å². The standard InChI is InChI=1S/C15H23N5O2Se2/c1-14(5-6-14)12(23)19(3)17-10(21)9(16)11(22)18-20(4)13(24)15(2)7-8-15/h16H,5-8H2,1-4H3,(H,17,21)(H,18,22). The predicted molar refractivity (Wildman–Crippen MR) is 95.7 cm³/mol. The molecule has 0 spiro atoms. The van der Waals surface area contributed by atoms with Crippen LogP contribution in [0.1, 0.15) is 39.5 Å². The molecular weight excluding hydrogens is 440 g/mol. The molecule has 0 aromatic heterocycles. The summed E-state index contributed by atoms with van der Waals surface area (Å²) in [5.74, 6) is -1.47. The van der Waals surface area contributed by atoms with Gasteiger partial charge in [0.1, 0.15) is 0 Å². The molecule has 0 atom stereocenters. The van der Waals surface area contributed by atoms with Gasteiger partial charge >= 0.3 is 158 Å². The van der Waals surface area contributed by atoms with Gasteiger partial charge in [0.25, 0.3) is 0 Å². The van der Waals surface area contributed by atoms with Crippen LogP contribution in [-0.4, -0.2) is 81.9 Å². The van der Waals surface area contributed by atoms with E-state index in [2.05, 4.69) is 55.9 Å². The third kappa shape index (κ3) is 4.14. The maximum absolute atomic E-state index is 12.1. The molecule has 0 saturated heterocycles. The molecule has 7 nitrogen and oxygen atoms in total. The van der Waals surface area contributed by atoms with E-state index < -0.39 is 17.5 Å². The van der Waals surface area contributed by atoms with Gasteiger partial charge in [0.05, 0.1) is 0 Å². The van der Waals surface area contributed by atoms with Crippen LogP contribution in [0.5, 0.6) is 0 Å². The molecule has 132 valence electrons. The minimum absolute atomic E-state index is 0.0638. The Morgan fingerprint density at radius 1 is 0.875 bits per heavy atom. The normalized spacial score (nSPS) is 18.8. The Bertz CT molecular complexity index is 573. The molecule has 0 aliphatic heterocycles. The van der Waals surface area contributed by atoms with Crippen molar-refractivity contribution >= 4 is 57.8 Å². The Morgan fingerprint density at radius 2 is 1.17 bits per heavy atom. The van der Waals surface area contributed by atoms with Crippen LogP contribution in [0.2, 0.25) is 0 Å². The Balaban J connectivity index is 1.85. The van der Waals surface area contributed by atoms with Gasteiger partial charge in [-0.15, -0.1) is 0 Å². The van der Waals surface area contributed by atoms with E-state index in [0.717, 1.165) is 34.8 Å². The van der Waals surface area contributed by atoms with Gasteiger partial charge in [0.2, 0.25) is 0 Å². The monoisotopic (exact) mass is 465 g/mol. The summed E-state index contributed by atoms with van der Waals surface area (Å²) in [6, 6.07) is 0. The van der Waals surface area contributed by atoms with Crippen LogP contribution in [0.25, 0.3) is 0 Å². The van der Waals surface area contributed by atoms with Crippen LogP contribution in [0.4, 0.5) is 0 Å². The maximum atomic E-state index is 12.1. The zero-order valence-electron chi connectivity index (χ0n) is 14.4. The third-order valence-corrected chi connectivity index (χ3v) is 7.85. The fourth-order valence-corrected chi connectivity index (χ4v) is 3.28. The van der Waals surface area contributed by atoms with Gasteiger partial charge in [-0.25, -0.2) is 0 Å². The number of amides is 2.